The molecule has 11 heavy (non-hydrogen) atoms. The first-order chi connectivity index (χ1) is 5.18. The predicted octanol–water partition coefficient (Wildman–Crippen LogP) is -0.0979. The maximum Gasteiger partial charge on any atom is 0.0813 e. The van der Waals surface area contributed by atoms with Crippen molar-refractivity contribution in [3.8, 4) is 0 Å². The quantitative estimate of drug-likeness (QED) is 0.568. The van der Waals surface area contributed by atoms with Crippen LogP contribution in [0, 0.1) is 6.42 Å². The molecular weight excluding hydrogens is 142 g/mol. The SMILES string of the molecule is CN(C)CC(O)[CH]CC1CO1. The summed E-state index contributed by atoms with van der Waals surface area (Å²) < 4.78 is 5.01. The summed E-state index contributed by atoms with van der Waals surface area (Å²) in [5, 5.41) is 9.34. The van der Waals surface area contributed by atoms with Crippen LogP contribution in [0.4, 0.5) is 0 Å². The van der Waals surface area contributed by atoms with Gasteiger partial charge in [-0.15, -0.1) is 0 Å². The molecule has 0 amide bonds. The zero-order valence-electron chi connectivity index (χ0n) is 7.16. The van der Waals surface area contributed by atoms with Crippen LogP contribution in [0.2, 0.25) is 0 Å². The van der Waals surface area contributed by atoms with Crippen LogP contribution in [-0.4, -0.2) is 49.5 Å². The van der Waals surface area contributed by atoms with E-state index in [1.54, 1.807) is 0 Å². The third-order valence-electron chi connectivity index (χ3n) is 1.63. The first-order valence-corrected chi connectivity index (χ1v) is 3.96. The molecule has 3 nitrogen and oxygen atoms in total. The van der Waals surface area contributed by atoms with Gasteiger partial charge in [0.05, 0.1) is 18.8 Å². The molecule has 65 valence electrons. The molecule has 1 aliphatic rings. The third-order valence-corrected chi connectivity index (χ3v) is 1.63. The van der Waals surface area contributed by atoms with Crippen molar-refractivity contribution in [2.75, 3.05) is 27.2 Å². The standard InChI is InChI=1S/C8H16NO2/c1-9(2)5-7(10)3-4-8-6-11-8/h3,7-8,10H,4-6H2,1-2H3. The Balaban J connectivity index is 1.95. The molecule has 0 aromatic carbocycles. The molecule has 0 aromatic heterocycles. The highest BCUT2D eigenvalue weighted by Crippen LogP contribution is 2.15. The number of nitrogens with zero attached hydrogens (tertiary/aromatic N) is 1. The van der Waals surface area contributed by atoms with Crippen LogP contribution in [-0.2, 0) is 4.74 Å². The average Bonchev–Trinajstić information content (AvgIpc) is 2.63. The van der Waals surface area contributed by atoms with Gasteiger partial charge < -0.3 is 14.7 Å². The number of rotatable bonds is 5. The van der Waals surface area contributed by atoms with E-state index in [9.17, 15) is 5.11 Å². The number of likely N-dealkylation sites (N-methyl/N-ethyl adjacent to an activating group) is 1. The minimum atomic E-state index is -0.311. The Bertz CT molecular complexity index is 113. The fraction of sp³-hybridized carbons (Fsp3) is 0.875. The van der Waals surface area contributed by atoms with Crippen molar-refractivity contribution in [3.63, 3.8) is 0 Å². The molecule has 0 aromatic rings. The molecule has 1 N–H and O–H groups in total. The van der Waals surface area contributed by atoms with Gasteiger partial charge in [-0.1, -0.05) is 0 Å². The number of aliphatic hydroxyl groups is 1. The van der Waals surface area contributed by atoms with Gasteiger partial charge in [-0.2, -0.15) is 0 Å². The molecule has 1 saturated heterocycles. The number of hydrogen-bond acceptors (Lipinski definition) is 3. The number of aliphatic hydroxyl groups excluding tert-OH is 1. The van der Waals surface area contributed by atoms with Crippen molar-refractivity contribution in [1.82, 2.24) is 4.90 Å². The van der Waals surface area contributed by atoms with Gasteiger partial charge in [0, 0.05) is 6.54 Å². The van der Waals surface area contributed by atoms with E-state index in [1.165, 1.54) is 0 Å². The summed E-state index contributed by atoms with van der Waals surface area (Å²) in [7, 11) is 3.90. The Hall–Kier alpha value is -0.120. The van der Waals surface area contributed by atoms with Gasteiger partial charge >= 0.3 is 0 Å². The smallest absolute Gasteiger partial charge is 0.0813 e. The third kappa shape index (κ3) is 4.35. The van der Waals surface area contributed by atoms with E-state index >= 15 is 0 Å². The fourth-order valence-electron chi connectivity index (χ4n) is 0.962. The Labute approximate surface area is 68.0 Å². The maximum absolute atomic E-state index is 9.34. The van der Waals surface area contributed by atoms with Crippen molar-refractivity contribution in [1.29, 1.82) is 0 Å². The highest BCUT2D eigenvalue weighted by Gasteiger charge is 2.23. The first kappa shape index (κ1) is 8.97. The van der Waals surface area contributed by atoms with Crippen LogP contribution < -0.4 is 0 Å². The summed E-state index contributed by atoms with van der Waals surface area (Å²) in [4.78, 5) is 1.97. The molecule has 2 atom stereocenters. The van der Waals surface area contributed by atoms with Gasteiger partial charge in [0.1, 0.15) is 0 Å². The molecule has 1 heterocycles. The topological polar surface area (TPSA) is 36.0 Å². The van der Waals surface area contributed by atoms with Crippen LogP contribution in [0.25, 0.3) is 0 Å². The van der Waals surface area contributed by atoms with Crippen molar-refractivity contribution in [3.05, 3.63) is 6.42 Å². The van der Waals surface area contributed by atoms with Crippen molar-refractivity contribution < 1.29 is 9.84 Å². The minimum absolute atomic E-state index is 0.311. The normalized spacial score (nSPS) is 25.6. The monoisotopic (exact) mass is 158 g/mol. The van der Waals surface area contributed by atoms with E-state index in [4.69, 9.17) is 4.74 Å². The van der Waals surface area contributed by atoms with E-state index < -0.39 is 0 Å². The van der Waals surface area contributed by atoms with E-state index in [2.05, 4.69) is 0 Å². The fourth-order valence-corrected chi connectivity index (χ4v) is 0.962. The summed E-state index contributed by atoms with van der Waals surface area (Å²) in [5.74, 6) is 0. The molecule has 0 saturated carbocycles. The number of hydrogen-bond donors (Lipinski definition) is 1. The maximum atomic E-state index is 9.34. The van der Waals surface area contributed by atoms with Gasteiger partial charge in [0.2, 0.25) is 0 Å². The van der Waals surface area contributed by atoms with Gasteiger partial charge in [-0.05, 0) is 26.9 Å². The second kappa shape index (κ2) is 4.04. The average molecular weight is 158 g/mol. The van der Waals surface area contributed by atoms with Crippen molar-refractivity contribution in [2.45, 2.75) is 18.6 Å². The molecule has 1 fully saturated rings. The zero-order chi connectivity index (χ0) is 8.27. The second-order valence-corrected chi connectivity index (χ2v) is 3.26. The lowest BCUT2D eigenvalue weighted by Crippen LogP contribution is -2.26. The number of ether oxygens (including phenoxy) is 1. The van der Waals surface area contributed by atoms with Gasteiger partial charge in [-0.25, -0.2) is 0 Å². The molecule has 1 aliphatic heterocycles. The van der Waals surface area contributed by atoms with Gasteiger partial charge in [-0.3, -0.25) is 0 Å². The van der Waals surface area contributed by atoms with Gasteiger partial charge in [0.25, 0.3) is 0 Å². The highest BCUT2D eigenvalue weighted by atomic mass is 16.6. The Morgan fingerprint density at radius 2 is 2.36 bits per heavy atom. The lowest BCUT2D eigenvalue weighted by Gasteiger charge is -2.14. The lowest BCUT2D eigenvalue weighted by molar-refractivity contribution is 0.159. The predicted molar refractivity (Wildman–Crippen MR) is 43.2 cm³/mol. The number of epoxide rings is 1. The second-order valence-electron chi connectivity index (χ2n) is 3.26. The molecule has 2 unspecified atom stereocenters. The molecular formula is C8H16NO2. The summed E-state index contributed by atoms with van der Waals surface area (Å²) in [6.45, 7) is 1.57. The lowest BCUT2D eigenvalue weighted by atomic mass is 10.1. The molecule has 0 aliphatic carbocycles. The van der Waals surface area contributed by atoms with Crippen molar-refractivity contribution >= 4 is 0 Å². The Morgan fingerprint density at radius 3 is 2.82 bits per heavy atom. The Kier molecular flexibility index (Phi) is 3.30. The molecule has 1 radical (unpaired) electrons. The largest absolute Gasteiger partial charge is 0.391 e. The Morgan fingerprint density at radius 1 is 1.73 bits per heavy atom. The van der Waals surface area contributed by atoms with Crippen molar-refractivity contribution in [2.24, 2.45) is 0 Å². The van der Waals surface area contributed by atoms with E-state index in [-0.39, 0.29) is 6.10 Å². The zero-order valence-corrected chi connectivity index (χ0v) is 7.16. The first-order valence-electron chi connectivity index (χ1n) is 3.96. The van der Waals surface area contributed by atoms with Crippen LogP contribution in [0.5, 0.6) is 0 Å². The van der Waals surface area contributed by atoms with Gasteiger partial charge in [0.15, 0.2) is 0 Å². The van der Waals surface area contributed by atoms with Crippen LogP contribution in [0.1, 0.15) is 6.42 Å². The summed E-state index contributed by atoms with van der Waals surface area (Å²) in [5.41, 5.74) is 0. The van der Waals surface area contributed by atoms with Crippen LogP contribution in [0.3, 0.4) is 0 Å². The molecule has 3 heteroatoms. The summed E-state index contributed by atoms with van der Waals surface area (Å²) in [6, 6.07) is 0. The molecule has 1 rings (SSSR count). The van der Waals surface area contributed by atoms with E-state index in [0.717, 1.165) is 13.0 Å². The minimum Gasteiger partial charge on any atom is -0.391 e. The molecule has 0 spiro atoms. The van der Waals surface area contributed by atoms with Crippen LogP contribution >= 0.6 is 0 Å². The summed E-state index contributed by atoms with van der Waals surface area (Å²) >= 11 is 0. The van der Waals surface area contributed by atoms with Crippen LogP contribution in [0.15, 0.2) is 0 Å². The molecule has 0 bridgehead atoms. The van der Waals surface area contributed by atoms with E-state index in [1.807, 2.05) is 25.4 Å². The van der Waals surface area contributed by atoms with E-state index in [0.29, 0.717) is 12.6 Å². The summed E-state index contributed by atoms with van der Waals surface area (Å²) in [6.07, 6.45) is 2.88. The highest BCUT2D eigenvalue weighted by molar-refractivity contribution is 4.84.